The van der Waals surface area contributed by atoms with E-state index >= 15 is 0 Å². The molecule has 0 atom stereocenters. The highest BCUT2D eigenvalue weighted by molar-refractivity contribution is 5.93. The van der Waals surface area contributed by atoms with Crippen LogP contribution < -0.4 is 4.90 Å². The largest absolute Gasteiger partial charge is 0.366 e. The molecule has 0 aliphatic heterocycles. The lowest BCUT2D eigenvalue weighted by atomic mass is 10.1. The van der Waals surface area contributed by atoms with Crippen LogP contribution in [-0.4, -0.2) is 35.0 Å². The van der Waals surface area contributed by atoms with Crippen LogP contribution in [0.3, 0.4) is 0 Å². The molecule has 0 amide bonds. The van der Waals surface area contributed by atoms with Crippen LogP contribution >= 0.6 is 0 Å². The van der Waals surface area contributed by atoms with Crippen molar-refractivity contribution in [1.29, 1.82) is 0 Å². The Kier molecular flexibility index (Phi) is 6.73. The molecule has 0 spiro atoms. The molecule has 9 heteroatoms. The fourth-order valence-electron chi connectivity index (χ4n) is 3.15. The van der Waals surface area contributed by atoms with Crippen LogP contribution in [0.2, 0.25) is 0 Å². The van der Waals surface area contributed by atoms with Gasteiger partial charge in [-0.2, -0.15) is 0 Å². The van der Waals surface area contributed by atoms with Gasteiger partial charge in [-0.05, 0) is 42.7 Å². The van der Waals surface area contributed by atoms with E-state index in [9.17, 15) is 10.1 Å². The highest BCUT2D eigenvalue weighted by atomic mass is 16.7. The second kappa shape index (κ2) is 9.44. The zero-order chi connectivity index (χ0) is 20.8. The lowest BCUT2D eigenvalue weighted by molar-refractivity contribution is -0.383. The Morgan fingerprint density at radius 3 is 2.28 bits per heavy atom. The molecule has 0 saturated carbocycles. The van der Waals surface area contributed by atoms with E-state index in [1.807, 2.05) is 45.0 Å². The Morgan fingerprint density at radius 2 is 1.69 bits per heavy atom. The van der Waals surface area contributed by atoms with Crippen LogP contribution in [0.4, 0.5) is 11.4 Å². The minimum atomic E-state index is -0.488. The summed E-state index contributed by atoms with van der Waals surface area (Å²) in [6.45, 7) is 8.30. The van der Waals surface area contributed by atoms with Crippen molar-refractivity contribution in [2.24, 2.45) is 0 Å². The molecule has 0 aliphatic rings. The molecule has 0 bridgehead atoms. The van der Waals surface area contributed by atoms with Gasteiger partial charge in [-0.15, -0.1) is 0 Å². The molecule has 0 unspecified atom stereocenters. The minimum Gasteiger partial charge on any atom is -0.366 e. The van der Waals surface area contributed by atoms with E-state index in [1.165, 1.54) is 6.07 Å². The van der Waals surface area contributed by atoms with Crippen molar-refractivity contribution in [3.05, 3.63) is 57.6 Å². The molecule has 29 heavy (non-hydrogen) atoms. The van der Waals surface area contributed by atoms with Crippen molar-refractivity contribution in [3.63, 3.8) is 0 Å². The average Bonchev–Trinajstić information content (AvgIpc) is 3.21. The molecular weight excluding hydrogens is 376 g/mol. The van der Waals surface area contributed by atoms with Crippen molar-refractivity contribution in [1.82, 2.24) is 10.3 Å². The Hall–Kier alpha value is -3.04. The van der Waals surface area contributed by atoms with Crippen LogP contribution in [0, 0.1) is 10.1 Å². The monoisotopic (exact) mass is 400 g/mol. The van der Waals surface area contributed by atoms with Crippen molar-refractivity contribution in [2.75, 3.05) is 24.7 Å². The third-order valence-electron chi connectivity index (χ3n) is 4.55. The normalized spacial score (nSPS) is 11.3. The molecule has 3 rings (SSSR count). The van der Waals surface area contributed by atoms with Gasteiger partial charge in [0.2, 0.25) is 5.52 Å². The van der Waals surface area contributed by atoms with Gasteiger partial charge in [-0.25, -0.2) is 4.63 Å². The van der Waals surface area contributed by atoms with Gasteiger partial charge in [0, 0.05) is 37.9 Å². The molecule has 154 valence electrons. The third-order valence-corrected chi connectivity index (χ3v) is 4.55. The molecule has 0 fully saturated rings. The van der Waals surface area contributed by atoms with Gasteiger partial charge in [0.15, 0.2) is 11.8 Å². The topological polar surface area (TPSA) is 104 Å². The van der Waals surface area contributed by atoms with Crippen molar-refractivity contribution in [3.8, 4) is 0 Å². The number of nitro groups is 1. The van der Waals surface area contributed by atoms with Crippen molar-refractivity contribution >= 4 is 22.4 Å². The van der Waals surface area contributed by atoms with Crippen LogP contribution in [-0.2, 0) is 16.0 Å². The average molecular weight is 400 g/mol. The summed E-state index contributed by atoms with van der Waals surface area (Å²) in [4.78, 5) is 12.8. The van der Waals surface area contributed by atoms with E-state index in [4.69, 9.17) is 14.1 Å². The maximum atomic E-state index is 11.2. The second-order valence-electron chi connectivity index (χ2n) is 6.32. The number of hydrogen-bond donors (Lipinski definition) is 0. The highest BCUT2D eigenvalue weighted by Gasteiger charge is 2.22. The number of hydrogen-bond acceptors (Lipinski definition) is 8. The summed E-state index contributed by atoms with van der Waals surface area (Å²) >= 11 is 0. The number of nitrogens with zero attached hydrogens (tertiary/aromatic N) is 4. The number of benzene rings is 2. The summed E-state index contributed by atoms with van der Waals surface area (Å²) in [5, 5.41) is 18.8. The SMILES string of the molecule is CCOC(OCC)c1ccc(CN(CC)c2ccc([N+](=O)[O-])c3nonc23)cc1. The number of fused-ring (bicyclic) bond motifs is 1. The lowest BCUT2D eigenvalue weighted by Gasteiger charge is -2.23. The van der Waals surface area contributed by atoms with E-state index < -0.39 is 4.92 Å². The predicted octanol–water partition coefficient (Wildman–Crippen LogP) is 4.23. The van der Waals surface area contributed by atoms with Gasteiger partial charge in [0.25, 0.3) is 0 Å². The zero-order valence-corrected chi connectivity index (χ0v) is 16.7. The molecule has 0 aliphatic carbocycles. The molecule has 2 aromatic carbocycles. The fraction of sp³-hybridized carbons (Fsp3) is 0.400. The van der Waals surface area contributed by atoms with Gasteiger partial charge in [-0.1, -0.05) is 24.3 Å². The molecule has 0 saturated heterocycles. The fourth-order valence-corrected chi connectivity index (χ4v) is 3.15. The predicted molar refractivity (Wildman–Crippen MR) is 108 cm³/mol. The van der Waals surface area contributed by atoms with E-state index in [0.29, 0.717) is 31.8 Å². The number of anilines is 1. The van der Waals surface area contributed by atoms with Gasteiger partial charge in [0.1, 0.15) is 0 Å². The van der Waals surface area contributed by atoms with Crippen molar-refractivity contribution < 1.29 is 19.0 Å². The number of ether oxygens (including phenoxy) is 2. The second-order valence-corrected chi connectivity index (χ2v) is 6.32. The highest BCUT2D eigenvalue weighted by Crippen LogP contribution is 2.32. The summed E-state index contributed by atoms with van der Waals surface area (Å²) in [6, 6.07) is 11.1. The number of rotatable bonds is 10. The first-order chi connectivity index (χ1) is 14.1. The first-order valence-corrected chi connectivity index (χ1v) is 9.55. The summed E-state index contributed by atoms with van der Waals surface area (Å²) in [6.07, 6.45) is -0.378. The third kappa shape index (κ3) is 4.52. The molecule has 0 N–H and O–H groups in total. The molecular formula is C20H24N4O5. The van der Waals surface area contributed by atoms with Gasteiger partial charge >= 0.3 is 5.69 Å². The Bertz CT molecular complexity index is 951. The molecule has 1 aromatic heterocycles. The first kappa shape index (κ1) is 20.7. The number of aromatic nitrogens is 2. The number of nitro benzene ring substituents is 1. The first-order valence-electron chi connectivity index (χ1n) is 9.55. The summed E-state index contributed by atoms with van der Waals surface area (Å²) in [5.41, 5.74) is 3.18. The smallest absolute Gasteiger partial charge is 0.300 e. The van der Waals surface area contributed by atoms with E-state index in [-0.39, 0.29) is 17.5 Å². The van der Waals surface area contributed by atoms with Crippen LogP contribution in [0.5, 0.6) is 0 Å². The van der Waals surface area contributed by atoms with Gasteiger partial charge in [-0.3, -0.25) is 10.1 Å². The number of non-ortho nitro benzene ring substituents is 1. The summed E-state index contributed by atoms with van der Waals surface area (Å²) in [7, 11) is 0. The van der Waals surface area contributed by atoms with E-state index in [1.54, 1.807) is 6.07 Å². The van der Waals surface area contributed by atoms with Crippen LogP contribution in [0.1, 0.15) is 38.2 Å². The molecule has 9 nitrogen and oxygen atoms in total. The van der Waals surface area contributed by atoms with Gasteiger partial charge < -0.3 is 14.4 Å². The van der Waals surface area contributed by atoms with Gasteiger partial charge in [0.05, 0.1) is 10.6 Å². The Labute approximate surface area is 168 Å². The quantitative estimate of drug-likeness (QED) is 0.283. The molecule has 1 heterocycles. The maximum absolute atomic E-state index is 11.2. The summed E-state index contributed by atoms with van der Waals surface area (Å²) in [5.74, 6) is 0. The standard InChI is InChI=1S/C20H24N4O5/c1-4-23(16-11-12-17(24(25)26)19-18(16)21-29-22-19)13-14-7-9-15(10-8-14)20(27-5-2)28-6-3/h7-12,20H,4-6,13H2,1-3H3. The molecule has 0 radical (unpaired) electrons. The maximum Gasteiger partial charge on any atom is 0.300 e. The van der Waals surface area contributed by atoms with Crippen molar-refractivity contribution in [2.45, 2.75) is 33.6 Å². The zero-order valence-electron chi connectivity index (χ0n) is 16.7. The van der Waals surface area contributed by atoms with Crippen LogP contribution in [0.25, 0.3) is 11.0 Å². The van der Waals surface area contributed by atoms with E-state index in [0.717, 1.165) is 16.8 Å². The van der Waals surface area contributed by atoms with Crippen LogP contribution in [0.15, 0.2) is 41.0 Å². The minimum absolute atomic E-state index is 0.122. The Balaban J connectivity index is 1.84. The Morgan fingerprint density at radius 1 is 1.03 bits per heavy atom. The molecule has 3 aromatic rings. The lowest BCUT2D eigenvalue weighted by Crippen LogP contribution is -2.22. The summed E-state index contributed by atoms with van der Waals surface area (Å²) < 4.78 is 16.0. The van der Waals surface area contributed by atoms with E-state index in [2.05, 4.69) is 15.2 Å².